The van der Waals surface area contributed by atoms with Crippen molar-refractivity contribution in [2.24, 2.45) is 0 Å². The van der Waals surface area contributed by atoms with Crippen molar-refractivity contribution in [1.29, 1.82) is 0 Å². The van der Waals surface area contributed by atoms with E-state index in [1.807, 2.05) is 12.1 Å². The molecule has 0 spiro atoms. The number of hydrogen-bond donors (Lipinski definition) is 1. The van der Waals surface area contributed by atoms with Crippen molar-refractivity contribution in [1.82, 2.24) is 0 Å². The van der Waals surface area contributed by atoms with E-state index >= 15 is 0 Å². The number of fused-ring (bicyclic) bond motifs is 1. The lowest BCUT2D eigenvalue weighted by Crippen LogP contribution is -2.09. The van der Waals surface area contributed by atoms with Gasteiger partial charge in [0.1, 0.15) is 0 Å². The first kappa shape index (κ1) is 9.53. The Hall–Kier alpha value is -1.02. The molecule has 2 N–H and O–H groups in total. The van der Waals surface area contributed by atoms with Gasteiger partial charge in [0.25, 0.3) is 0 Å². The highest BCUT2D eigenvalue weighted by molar-refractivity contribution is 7.18. The predicted molar refractivity (Wildman–Crippen MR) is 64.9 cm³/mol. The molecule has 0 unspecified atom stereocenters. The zero-order valence-corrected chi connectivity index (χ0v) is 9.61. The van der Waals surface area contributed by atoms with Gasteiger partial charge in [-0.3, -0.25) is 0 Å². The van der Waals surface area contributed by atoms with Crippen molar-refractivity contribution in [3.8, 4) is 0 Å². The molecule has 0 atom stereocenters. The molecule has 1 aromatic heterocycles. The molecule has 0 aliphatic rings. The van der Waals surface area contributed by atoms with E-state index in [1.165, 1.54) is 15.6 Å². The minimum Gasteiger partial charge on any atom is -0.398 e. The number of hydrogen-bond acceptors (Lipinski definition) is 2. The Morgan fingerprint density at radius 3 is 2.57 bits per heavy atom. The number of thiophene rings is 1. The molecule has 0 amide bonds. The molecule has 1 aromatic carbocycles. The molecular formula is C12H15NS. The van der Waals surface area contributed by atoms with Crippen LogP contribution >= 0.6 is 11.3 Å². The van der Waals surface area contributed by atoms with Crippen LogP contribution in [0.5, 0.6) is 0 Å². The van der Waals surface area contributed by atoms with Gasteiger partial charge in [0, 0.05) is 5.69 Å². The molecule has 0 aliphatic heterocycles. The topological polar surface area (TPSA) is 26.0 Å². The summed E-state index contributed by atoms with van der Waals surface area (Å²) in [6.07, 6.45) is 0. The fourth-order valence-corrected chi connectivity index (χ4v) is 2.89. The molecule has 2 rings (SSSR count). The zero-order chi connectivity index (χ0) is 10.3. The first-order valence-electron chi connectivity index (χ1n) is 4.76. The summed E-state index contributed by atoms with van der Waals surface area (Å²) in [4.78, 5) is 0. The van der Waals surface area contributed by atoms with Crippen molar-refractivity contribution in [2.45, 2.75) is 26.2 Å². The van der Waals surface area contributed by atoms with E-state index in [0.717, 1.165) is 5.69 Å². The van der Waals surface area contributed by atoms with E-state index in [4.69, 9.17) is 5.73 Å². The van der Waals surface area contributed by atoms with Crippen molar-refractivity contribution in [3.63, 3.8) is 0 Å². The molecule has 1 heterocycles. The molecule has 0 aliphatic carbocycles. The fraction of sp³-hybridized carbons (Fsp3) is 0.333. The van der Waals surface area contributed by atoms with E-state index in [0.29, 0.717) is 0 Å². The Balaban J connectivity index is 2.76. The second kappa shape index (κ2) is 2.99. The normalized spacial score (nSPS) is 12.2. The van der Waals surface area contributed by atoms with Gasteiger partial charge in [-0.05, 0) is 27.8 Å². The van der Waals surface area contributed by atoms with Crippen molar-refractivity contribution in [2.75, 3.05) is 5.73 Å². The van der Waals surface area contributed by atoms with Crippen LogP contribution in [-0.2, 0) is 5.41 Å². The molecular weight excluding hydrogens is 190 g/mol. The Kier molecular flexibility index (Phi) is 2.04. The Bertz CT molecular complexity index is 463. The van der Waals surface area contributed by atoms with Crippen LogP contribution in [0.3, 0.4) is 0 Å². The van der Waals surface area contributed by atoms with Crippen LogP contribution in [0.4, 0.5) is 5.69 Å². The van der Waals surface area contributed by atoms with Crippen LogP contribution in [0.15, 0.2) is 23.6 Å². The van der Waals surface area contributed by atoms with Gasteiger partial charge in [0.2, 0.25) is 0 Å². The maximum Gasteiger partial charge on any atom is 0.0575 e. The van der Waals surface area contributed by atoms with Crippen LogP contribution in [0.1, 0.15) is 26.3 Å². The van der Waals surface area contributed by atoms with Gasteiger partial charge in [-0.25, -0.2) is 0 Å². The summed E-state index contributed by atoms with van der Waals surface area (Å²) >= 11 is 1.74. The van der Waals surface area contributed by atoms with Crippen LogP contribution in [-0.4, -0.2) is 0 Å². The van der Waals surface area contributed by atoms with Gasteiger partial charge in [-0.15, -0.1) is 11.3 Å². The molecule has 14 heavy (non-hydrogen) atoms. The summed E-state index contributed by atoms with van der Waals surface area (Å²) in [5.74, 6) is 0. The van der Waals surface area contributed by atoms with Gasteiger partial charge in [0.15, 0.2) is 0 Å². The Morgan fingerprint density at radius 1 is 1.21 bits per heavy atom. The summed E-state index contributed by atoms with van der Waals surface area (Å²) in [7, 11) is 0. The Labute approximate surface area is 88.6 Å². The lowest BCUT2D eigenvalue weighted by atomic mass is 9.87. The first-order chi connectivity index (χ1) is 6.50. The summed E-state index contributed by atoms with van der Waals surface area (Å²) in [5, 5.41) is 3.53. The monoisotopic (exact) mass is 205 g/mol. The maximum absolute atomic E-state index is 5.92. The van der Waals surface area contributed by atoms with E-state index < -0.39 is 0 Å². The third kappa shape index (κ3) is 1.40. The molecule has 1 nitrogen and oxygen atoms in total. The van der Waals surface area contributed by atoms with Crippen LogP contribution < -0.4 is 5.73 Å². The van der Waals surface area contributed by atoms with E-state index in [1.54, 1.807) is 11.3 Å². The van der Waals surface area contributed by atoms with Crippen LogP contribution in [0, 0.1) is 0 Å². The van der Waals surface area contributed by atoms with Gasteiger partial charge < -0.3 is 5.73 Å². The van der Waals surface area contributed by atoms with E-state index in [-0.39, 0.29) is 5.41 Å². The standard InChI is InChI=1S/C12H15NS/c1-12(2,3)9-7-14-11-8(9)5-4-6-10(11)13/h4-7H,13H2,1-3H3. The summed E-state index contributed by atoms with van der Waals surface area (Å²) in [6.45, 7) is 6.70. The number of nitrogens with two attached hydrogens (primary N) is 1. The molecule has 0 saturated carbocycles. The molecule has 2 heteroatoms. The highest BCUT2D eigenvalue weighted by atomic mass is 32.1. The zero-order valence-electron chi connectivity index (χ0n) is 8.79. The largest absolute Gasteiger partial charge is 0.398 e. The average Bonchev–Trinajstić information content (AvgIpc) is 2.47. The molecule has 0 saturated heterocycles. The van der Waals surface area contributed by atoms with Gasteiger partial charge in [0.05, 0.1) is 4.70 Å². The summed E-state index contributed by atoms with van der Waals surface area (Å²) in [6, 6.07) is 6.15. The van der Waals surface area contributed by atoms with Crippen molar-refractivity contribution in [3.05, 3.63) is 29.1 Å². The number of anilines is 1. The second-order valence-corrected chi connectivity index (χ2v) is 5.50. The van der Waals surface area contributed by atoms with Crippen molar-refractivity contribution >= 4 is 27.1 Å². The van der Waals surface area contributed by atoms with Crippen LogP contribution in [0.2, 0.25) is 0 Å². The number of benzene rings is 1. The SMILES string of the molecule is CC(C)(C)c1csc2c(N)cccc12. The minimum absolute atomic E-state index is 0.200. The molecule has 74 valence electrons. The molecule has 0 radical (unpaired) electrons. The Morgan fingerprint density at radius 2 is 1.93 bits per heavy atom. The molecule has 2 aromatic rings. The van der Waals surface area contributed by atoms with Gasteiger partial charge in [-0.2, -0.15) is 0 Å². The third-order valence-electron chi connectivity index (χ3n) is 2.44. The maximum atomic E-state index is 5.92. The van der Waals surface area contributed by atoms with Gasteiger partial charge in [-0.1, -0.05) is 32.9 Å². The highest BCUT2D eigenvalue weighted by Gasteiger charge is 2.18. The lowest BCUT2D eigenvalue weighted by Gasteiger charge is -2.17. The van der Waals surface area contributed by atoms with Crippen LogP contribution in [0.25, 0.3) is 10.1 Å². The lowest BCUT2D eigenvalue weighted by molar-refractivity contribution is 0.598. The summed E-state index contributed by atoms with van der Waals surface area (Å²) in [5.41, 5.74) is 8.41. The number of rotatable bonds is 0. The molecule has 0 fully saturated rings. The average molecular weight is 205 g/mol. The quantitative estimate of drug-likeness (QED) is 0.651. The summed E-state index contributed by atoms with van der Waals surface area (Å²) < 4.78 is 1.22. The third-order valence-corrected chi connectivity index (χ3v) is 3.48. The van der Waals surface area contributed by atoms with E-state index in [2.05, 4.69) is 32.2 Å². The van der Waals surface area contributed by atoms with Crippen molar-refractivity contribution < 1.29 is 0 Å². The highest BCUT2D eigenvalue weighted by Crippen LogP contribution is 2.36. The predicted octanol–water partition coefficient (Wildman–Crippen LogP) is 3.78. The molecule has 0 bridgehead atoms. The number of nitrogen functional groups attached to an aromatic ring is 1. The fourth-order valence-electron chi connectivity index (χ4n) is 1.66. The smallest absolute Gasteiger partial charge is 0.0575 e. The second-order valence-electron chi connectivity index (χ2n) is 4.62. The first-order valence-corrected chi connectivity index (χ1v) is 5.64. The van der Waals surface area contributed by atoms with E-state index in [9.17, 15) is 0 Å². The minimum atomic E-state index is 0.200. The van der Waals surface area contributed by atoms with Gasteiger partial charge >= 0.3 is 0 Å².